The van der Waals surface area contributed by atoms with E-state index < -0.39 is 0 Å². The summed E-state index contributed by atoms with van der Waals surface area (Å²) in [4.78, 5) is 0. The molecule has 0 amide bonds. The Hall–Kier alpha value is -8.02. The van der Waals surface area contributed by atoms with E-state index in [0.717, 1.165) is 116 Å². The fourth-order valence-electron chi connectivity index (χ4n) is 9.69. The summed E-state index contributed by atoms with van der Waals surface area (Å²) in [7, 11) is 0. The number of hydrogen-bond donors (Lipinski definition) is 1. The minimum absolute atomic E-state index is 0.814. The average Bonchev–Trinajstić information content (AvgIpc) is 4.05. The number of benzene rings is 9. The molecule has 4 aromatic heterocycles. The van der Waals surface area contributed by atoms with E-state index in [0.29, 0.717) is 0 Å². The highest BCUT2D eigenvalue weighted by Crippen LogP contribution is 2.47. The first kappa shape index (κ1) is 33.0. The molecule has 5 heteroatoms. The van der Waals surface area contributed by atoms with E-state index in [4.69, 9.17) is 13.3 Å². The van der Waals surface area contributed by atoms with E-state index in [1.807, 2.05) is 24.3 Å². The number of furan rings is 3. The van der Waals surface area contributed by atoms with Crippen LogP contribution in [-0.2, 0) is 0 Å². The zero-order chi connectivity index (χ0) is 39.5. The van der Waals surface area contributed by atoms with Gasteiger partial charge in [0.2, 0.25) is 0 Å². The molecule has 282 valence electrons. The first-order chi connectivity index (χ1) is 29.7. The van der Waals surface area contributed by atoms with Crippen LogP contribution in [0, 0.1) is 6.92 Å². The van der Waals surface area contributed by atoms with Gasteiger partial charge in [-0.05, 0) is 108 Å². The lowest BCUT2D eigenvalue weighted by atomic mass is 9.91. The summed E-state index contributed by atoms with van der Waals surface area (Å²) in [6, 6.07) is 64.2. The first-order valence-corrected chi connectivity index (χ1v) is 20.3. The number of fused-ring (bicyclic) bond motifs is 12. The van der Waals surface area contributed by atoms with Gasteiger partial charge in [0.25, 0.3) is 0 Å². The predicted molar refractivity (Wildman–Crippen MR) is 248 cm³/mol. The highest BCUT2D eigenvalue weighted by molar-refractivity contribution is 6.20. The van der Waals surface area contributed by atoms with Gasteiger partial charge >= 0.3 is 0 Å². The molecular weight excluding hydrogens is 737 g/mol. The number of aryl methyl sites for hydroxylation is 1. The molecule has 0 unspecified atom stereocenters. The molecule has 0 aliphatic rings. The summed E-state index contributed by atoms with van der Waals surface area (Å²) in [5.74, 6) is 0. The van der Waals surface area contributed by atoms with E-state index in [1.54, 1.807) is 0 Å². The Kier molecular flexibility index (Phi) is 6.87. The van der Waals surface area contributed by atoms with E-state index in [2.05, 4.69) is 175 Å². The Morgan fingerprint density at radius 3 is 1.85 bits per heavy atom. The normalized spacial score (nSPS) is 12.1. The number of nitrogens with zero attached hydrogens (tertiary/aromatic N) is 1. The second kappa shape index (κ2) is 12.5. The van der Waals surface area contributed by atoms with Crippen LogP contribution >= 0.6 is 0 Å². The Morgan fingerprint density at radius 1 is 0.383 bits per heavy atom. The average molecular weight is 771 g/mol. The van der Waals surface area contributed by atoms with Crippen molar-refractivity contribution in [1.82, 2.24) is 4.57 Å². The highest BCUT2D eigenvalue weighted by atomic mass is 16.3. The van der Waals surface area contributed by atoms with Crippen molar-refractivity contribution in [3.63, 3.8) is 0 Å². The molecule has 9 aromatic carbocycles. The maximum absolute atomic E-state index is 6.99. The van der Waals surface area contributed by atoms with E-state index in [1.165, 1.54) is 16.3 Å². The van der Waals surface area contributed by atoms with Gasteiger partial charge in [0.15, 0.2) is 0 Å². The molecule has 5 nitrogen and oxygen atoms in total. The molecule has 0 saturated carbocycles. The van der Waals surface area contributed by atoms with Crippen LogP contribution in [0.15, 0.2) is 195 Å². The monoisotopic (exact) mass is 770 g/mol. The van der Waals surface area contributed by atoms with Crippen LogP contribution in [0.2, 0.25) is 0 Å². The zero-order valence-electron chi connectivity index (χ0n) is 32.5. The van der Waals surface area contributed by atoms with Crippen molar-refractivity contribution in [2.24, 2.45) is 0 Å². The minimum atomic E-state index is 0.814. The molecule has 0 aliphatic carbocycles. The third kappa shape index (κ3) is 4.74. The summed E-state index contributed by atoms with van der Waals surface area (Å²) < 4.78 is 22.0. The Morgan fingerprint density at radius 2 is 1.02 bits per heavy atom. The fraction of sp³-hybridized carbons (Fsp3) is 0.0182. The third-order valence-electron chi connectivity index (χ3n) is 12.3. The zero-order valence-corrected chi connectivity index (χ0v) is 32.5. The van der Waals surface area contributed by atoms with Crippen LogP contribution < -0.4 is 5.32 Å². The molecular formula is C55H34N2O3. The Bertz CT molecular complexity index is 3880. The van der Waals surface area contributed by atoms with Crippen molar-refractivity contribution in [3.05, 3.63) is 188 Å². The van der Waals surface area contributed by atoms with Crippen molar-refractivity contribution in [2.45, 2.75) is 6.92 Å². The number of rotatable bonds is 5. The molecule has 4 heterocycles. The molecule has 0 fully saturated rings. The predicted octanol–water partition coefficient (Wildman–Crippen LogP) is 15.9. The number of anilines is 2. The van der Waals surface area contributed by atoms with E-state index >= 15 is 0 Å². The highest BCUT2D eigenvalue weighted by Gasteiger charge is 2.23. The van der Waals surface area contributed by atoms with Crippen molar-refractivity contribution < 1.29 is 13.3 Å². The Balaban J connectivity index is 1.08. The SMILES string of the molecule is Cc1cccc2oc3ccc(-c4cc5c6ccccc6n(-c6ccccc6)c5cc4-c4cccc5c4oc4cccc(Nc6cccc7oc8ccccc8c67)c45)cc3c12. The topological polar surface area (TPSA) is 56.4 Å². The standard InChI is InChI=1S/C55H34N2O3/c1-32-13-9-24-49-52(32)42-29-33(27-28-48(42)59-49)39-30-41-35-16-5-7-22-45(35)57(34-14-3-2-4-15-34)46(41)31-40(39)36-18-10-19-38-54-44(21-12-26-51(54)60-55(36)38)56-43-20-11-25-50-53(43)37-17-6-8-23-47(37)58-50/h2-31,56H,1H3. The van der Waals surface area contributed by atoms with Gasteiger partial charge in [-0.2, -0.15) is 0 Å². The van der Waals surface area contributed by atoms with Gasteiger partial charge in [-0.15, -0.1) is 0 Å². The maximum Gasteiger partial charge on any atom is 0.143 e. The molecule has 0 aliphatic heterocycles. The van der Waals surface area contributed by atoms with Gasteiger partial charge in [-0.25, -0.2) is 0 Å². The third-order valence-corrected chi connectivity index (χ3v) is 12.3. The molecule has 1 N–H and O–H groups in total. The Labute approximate surface area is 343 Å². The molecule has 60 heavy (non-hydrogen) atoms. The van der Waals surface area contributed by atoms with Gasteiger partial charge in [0.05, 0.1) is 33.2 Å². The lowest BCUT2D eigenvalue weighted by molar-refractivity contribution is 0.668. The van der Waals surface area contributed by atoms with E-state index in [-0.39, 0.29) is 0 Å². The molecule has 0 bridgehead atoms. The second-order valence-corrected chi connectivity index (χ2v) is 15.7. The lowest BCUT2D eigenvalue weighted by Crippen LogP contribution is -1.94. The van der Waals surface area contributed by atoms with Crippen molar-refractivity contribution in [2.75, 3.05) is 5.32 Å². The summed E-state index contributed by atoms with van der Waals surface area (Å²) in [6.45, 7) is 2.16. The van der Waals surface area contributed by atoms with Crippen LogP contribution in [0.1, 0.15) is 5.56 Å². The second-order valence-electron chi connectivity index (χ2n) is 15.7. The van der Waals surface area contributed by atoms with Crippen LogP contribution in [0.25, 0.3) is 116 Å². The van der Waals surface area contributed by atoms with Gasteiger partial charge in [0.1, 0.15) is 33.5 Å². The van der Waals surface area contributed by atoms with Crippen LogP contribution in [0.5, 0.6) is 0 Å². The van der Waals surface area contributed by atoms with Gasteiger partial charge in [-0.3, -0.25) is 0 Å². The van der Waals surface area contributed by atoms with Crippen LogP contribution in [0.3, 0.4) is 0 Å². The molecule has 0 radical (unpaired) electrons. The number of aromatic nitrogens is 1. The quantitative estimate of drug-likeness (QED) is 0.189. The van der Waals surface area contributed by atoms with Crippen LogP contribution in [0.4, 0.5) is 11.4 Å². The molecule has 13 rings (SSSR count). The van der Waals surface area contributed by atoms with E-state index in [9.17, 15) is 0 Å². The smallest absolute Gasteiger partial charge is 0.143 e. The number of para-hydroxylation sites is 4. The van der Waals surface area contributed by atoms with Crippen molar-refractivity contribution in [3.8, 4) is 27.9 Å². The maximum atomic E-state index is 6.99. The van der Waals surface area contributed by atoms with Crippen molar-refractivity contribution in [1.29, 1.82) is 0 Å². The van der Waals surface area contributed by atoms with Gasteiger partial charge in [0, 0.05) is 43.6 Å². The summed E-state index contributed by atoms with van der Waals surface area (Å²) in [5, 5.41) is 12.7. The van der Waals surface area contributed by atoms with Crippen LogP contribution in [-0.4, -0.2) is 4.57 Å². The summed E-state index contributed by atoms with van der Waals surface area (Å²) in [5.41, 5.74) is 16.0. The molecule has 0 saturated heterocycles. The molecule has 13 aromatic rings. The van der Waals surface area contributed by atoms with Gasteiger partial charge in [-0.1, -0.05) is 103 Å². The minimum Gasteiger partial charge on any atom is -0.456 e. The largest absolute Gasteiger partial charge is 0.456 e. The fourth-order valence-corrected chi connectivity index (χ4v) is 9.69. The summed E-state index contributed by atoms with van der Waals surface area (Å²) in [6.07, 6.45) is 0. The lowest BCUT2D eigenvalue weighted by Gasteiger charge is -2.14. The van der Waals surface area contributed by atoms with Crippen molar-refractivity contribution >= 4 is 99.0 Å². The summed E-state index contributed by atoms with van der Waals surface area (Å²) >= 11 is 0. The van der Waals surface area contributed by atoms with Gasteiger partial charge < -0.3 is 23.1 Å². The number of hydrogen-bond acceptors (Lipinski definition) is 4. The first-order valence-electron chi connectivity index (χ1n) is 20.3. The number of nitrogens with one attached hydrogen (secondary N) is 1. The molecule has 0 atom stereocenters. The molecule has 0 spiro atoms.